The van der Waals surface area contributed by atoms with Crippen LogP contribution in [-0.2, 0) is 0 Å². The van der Waals surface area contributed by atoms with Crippen molar-refractivity contribution in [2.75, 3.05) is 11.9 Å². The fraction of sp³-hybridized carbons (Fsp3) is 0.462. The summed E-state index contributed by atoms with van der Waals surface area (Å²) in [5, 5.41) is 12.2. The Hall–Kier alpha value is -1.51. The molecule has 1 aromatic rings. The van der Waals surface area contributed by atoms with Crippen molar-refractivity contribution in [3.63, 3.8) is 0 Å². The smallest absolute Gasteiger partial charge is 0.337 e. The molecule has 16 heavy (non-hydrogen) atoms. The molecular weight excluding hydrogens is 202 g/mol. The van der Waals surface area contributed by atoms with Gasteiger partial charge in [-0.25, -0.2) is 4.79 Å². The van der Waals surface area contributed by atoms with Crippen molar-refractivity contribution in [1.82, 2.24) is 0 Å². The van der Waals surface area contributed by atoms with Crippen LogP contribution in [0.4, 0.5) is 5.69 Å². The molecular formula is C13H19NO2. The van der Waals surface area contributed by atoms with Crippen LogP contribution >= 0.6 is 0 Å². The molecule has 0 fully saturated rings. The molecule has 88 valence electrons. The van der Waals surface area contributed by atoms with Crippen molar-refractivity contribution in [3.05, 3.63) is 29.3 Å². The van der Waals surface area contributed by atoms with Gasteiger partial charge in [-0.2, -0.15) is 0 Å². The zero-order valence-electron chi connectivity index (χ0n) is 10.1. The summed E-state index contributed by atoms with van der Waals surface area (Å²) in [6.45, 7) is 7.03. The third-order valence-electron chi connectivity index (χ3n) is 2.74. The lowest BCUT2D eigenvalue weighted by Crippen LogP contribution is -2.13. The number of aromatic carboxylic acids is 1. The number of carbonyl (C=O) groups is 1. The molecule has 0 bridgehead atoms. The SMILES string of the molecule is CCC(C)CNc1cc(C)ccc1C(=O)O. The molecule has 1 unspecified atom stereocenters. The maximum absolute atomic E-state index is 11.0. The molecule has 0 radical (unpaired) electrons. The third-order valence-corrected chi connectivity index (χ3v) is 2.74. The molecule has 1 rings (SSSR count). The third kappa shape index (κ3) is 3.26. The first-order chi connectivity index (χ1) is 7.54. The fourth-order valence-corrected chi connectivity index (χ4v) is 1.42. The Labute approximate surface area is 96.5 Å². The van der Waals surface area contributed by atoms with E-state index in [1.54, 1.807) is 6.07 Å². The van der Waals surface area contributed by atoms with Crippen LogP contribution in [0.2, 0.25) is 0 Å². The van der Waals surface area contributed by atoms with Crippen molar-refractivity contribution in [2.24, 2.45) is 5.92 Å². The van der Waals surface area contributed by atoms with Gasteiger partial charge in [0.15, 0.2) is 0 Å². The minimum Gasteiger partial charge on any atom is -0.478 e. The molecule has 0 spiro atoms. The summed E-state index contributed by atoms with van der Waals surface area (Å²) >= 11 is 0. The summed E-state index contributed by atoms with van der Waals surface area (Å²) < 4.78 is 0. The topological polar surface area (TPSA) is 49.3 Å². The van der Waals surface area contributed by atoms with Gasteiger partial charge in [0, 0.05) is 12.2 Å². The molecule has 0 aliphatic carbocycles. The highest BCUT2D eigenvalue weighted by atomic mass is 16.4. The van der Waals surface area contributed by atoms with Crippen molar-refractivity contribution < 1.29 is 9.90 Å². The number of anilines is 1. The number of carboxylic acids is 1. The number of aryl methyl sites for hydroxylation is 1. The summed E-state index contributed by atoms with van der Waals surface area (Å²) in [7, 11) is 0. The Balaban J connectivity index is 2.84. The highest BCUT2D eigenvalue weighted by molar-refractivity contribution is 5.94. The number of carboxylic acid groups (broad SMARTS) is 1. The normalized spacial score (nSPS) is 12.2. The fourth-order valence-electron chi connectivity index (χ4n) is 1.42. The predicted molar refractivity (Wildman–Crippen MR) is 66.1 cm³/mol. The Kier molecular flexibility index (Phi) is 4.35. The molecule has 1 atom stereocenters. The maximum atomic E-state index is 11.0. The van der Waals surface area contributed by atoms with E-state index >= 15 is 0 Å². The molecule has 2 N–H and O–H groups in total. The second-order valence-electron chi connectivity index (χ2n) is 4.25. The summed E-state index contributed by atoms with van der Waals surface area (Å²) in [5.41, 5.74) is 2.12. The van der Waals surface area contributed by atoms with Gasteiger partial charge in [-0.3, -0.25) is 0 Å². The summed E-state index contributed by atoms with van der Waals surface area (Å²) in [4.78, 5) is 11.0. The second-order valence-corrected chi connectivity index (χ2v) is 4.25. The molecule has 0 heterocycles. The van der Waals surface area contributed by atoms with E-state index < -0.39 is 5.97 Å². The van der Waals surface area contributed by atoms with E-state index in [0.717, 1.165) is 18.5 Å². The zero-order valence-corrected chi connectivity index (χ0v) is 10.1. The van der Waals surface area contributed by atoms with Crippen LogP contribution in [0.3, 0.4) is 0 Å². The summed E-state index contributed by atoms with van der Waals surface area (Å²) in [5.74, 6) is -0.339. The van der Waals surface area contributed by atoms with E-state index in [1.165, 1.54) is 0 Å². The average Bonchev–Trinajstić information content (AvgIpc) is 2.25. The lowest BCUT2D eigenvalue weighted by Gasteiger charge is -2.13. The predicted octanol–water partition coefficient (Wildman–Crippen LogP) is 3.15. The molecule has 3 heteroatoms. The van der Waals surface area contributed by atoms with Gasteiger partial charge in [-0.1, -0.05) is 26.3 Å². The lowest BCUT2D eigenvalue weighted by molar-refractivity contribution is 0.0698. The Morgan fingerprint density at radius 3 is 2.75 bits per heavy atom. The Morgan fingerprint density at radius 1 is 1.50 bits per heavy atom. The number of hydrogen-bond acceptors (Lipinski definition) is 2. The number of hydrogen-bond donors (Lipinski definition) is 2. The van der Waals surface area contributed by atoms with Crippen molar-refractivity contribution in [1.29, 1.82) is 0 Å². The first-order valence-corrected chi connectivity index (χ1v) is 5.62. The first-order valence-electron chi connectivity index (χ1n) is 5.62. The number of nitrogens with one attached hydrogen (secondary N) is 1. The molecule has 0 amide bonds. The van der Waals surface area contributed by atoms with E-state index in [2.05, 4.69) is 19.2 Å². The molecule has 1 aromatic carbocycles. The molecule has 0 aliphatic heterocycles. The Morgan fingerprint density at radius 2 is 2.19 bits per heavy atom. The van der Waals surface area contributed by atoms with Crippen molar-refractivity contribution in [3.8, 4) is 0 Å². The van der Waals surface area contributed by atoms with Crippen LogP contribution in [0.5, 0.6) is 0 Å². The summed E-state index contributed by atoms with van der Waals surface area (Å²) in [6.07, 6.45) is 1.08. The molecule has 0 aliphatic rings. The molecule has 0 saturated carbocycles. The first kappa shape index (κ1) is 12.6. The minimum absolute atomic E-state index is 0.342. The van der Waals surface area contributed by atoms with Gasteiger partial charge >= 0.3 is 5.97 Å². The van der Waals surface area contributed by atoms with E-state index in [0.29, 0.717) is 17.2 Å². The van der Waals surface area contributed by atoms with E-state index in [4.69, 9.17) is 5.11 Å². The van der Waals surface area contributed by atoms with Gasteiger partial charge in [0.05, 0.1) is 5.56 Å². The second kappa shape index (κ2) is 5.54. The van der Waals surface area contributed by atoms with E-state index in [1.807, 2.05) is 19.1 Å². The largest absolute Gasteiger partial charge is 0.478 e. The quantitative estimate of drug-likeness (QED) is 0.803. The van der Waals surface area contributed by atoms with Crippen LogP contribution in [0.1, 0.15) is 36.2 Å². The van der Waals surface area contributed by atoms with Gasteiger partial charge < -0.3 is 10.4 Å². The minimum atomic E-state index is -0.883. The monoisotopic (exact) mass is 221 g/mol. The highest BCUT2D eigenvalue weighted by Crippen LogP contribution is 2.18. The lowest BCUT2D eigenvalue weighted by atomic mass is 10.1. The van der Waals surface area contributed by atoms with Gasteiger partial charge in [0.25, 0.3) is 0 Å². The maximum Gasteiger partial charge on any atom is 0.337 e. The van der Waals surface area contributed by atoms with Gasteiger partial charge in [-0.15, -0.1) is 0 Å². The van der Waals surface area contributed by atoms with Crippen LogP contribution in [0.15, 0.2) is 18.2 Å². The van der Waals surface area contributed by atoms with Crippen LogP contribution in [-0.4, -0.2) is 17.6 Å². The average molecular weight is 221 g/mol. The number of benzene rings is 1. The molecule has 0 aromatic heterocycles. The molecule has 0 saturated heterocycles. The van der Waals surface area contributed by atoms with E-state index in [9.17, 15) is 4.79 Å². The Bertz CT molecular complexity index is 374. The number of rotatable bonds is 5. The van der Waals surface area contributed by atoms with Gasteiger partial charge in [-0.05, 0) is 30.5 Å². The van der Waals surface area contributed by atoms with E-state index in [-0.39, 0.29) is 0 Å². The van der Waals surface area contributed by atoms with Crippen molar-refractivity contribution >= 4 is 11.7 Å². The standard InChI is InChI=1S/C13H19NO2/c1-4-9(2)8-14-12-7-10(3)5-6-11(12)13(15)16/h5-7,9,14H,4,8H2,1-3H3,(H,15,16). The zero-order chi connectivity index (χ0) is 12.1. The van der Waals surface area contributed by atoms with Crippen LogP contribution in [0.25, 0.3) is 0 Å². The van der Waals surface area contributed by atoms with Crippen LogP contribution in [0, 0.1) is 12.8 Å². The molecule has 3 nitrogen and oxygen atoms in total. The van der Waals surface area contributed by atoms with Crippen molar-refractivity contribution in [2.45, 2.75) is 27.2 Å². The van der Waals surface area contributed by atoms with Gasteiger partial charge in [0.1, 0.15) is 0 Å². The highest BCUT2D eigenvalue weighted by Gasteiger charge is 2.10. The summed E-state index contributed by atoms with van der Waals surface area (Å²) in [6, 6.07) is 5.35. The van der Waals surface area contributed by atoms with Crippen LogP contribution < -0.4 is 5.32 Å². The van der Waals surface area contributed by atoms with Gasteiger partial charge in [0.2, 0.25) is 0 Å².